The Morgan fingerprint density at radius 3 is 2.78 bits per heavy atom. The Balaban J connectivity index is 1.71. The van der Waals surface area contributed by atoms with Crippen molar-refractivity contribution >= 4 is 10.9 Å². The smallest absolute Gasteiger partial charge is 0.147 e. The fourth-order valence-electron chi connectivity index (χ4n) is 5.15. The molecule has 4 nitrogen and oxygen atoms in total. The first-order chi connectivity index (χ1) is 13.0. The molecule has 0 aliphatic carbocycles. The number of fused-ring (bicyclic) bond motifs is 6. The van der Waals surface area contributed by atoms with E-state index in [0.717, 1.165) is 23.8 Å². The monoisotopic (exact) mass is 365 g/mol. The van der Waals surface area contributed by atoms with Crippen molar-refractivity contribution in [3.05, 3.63) is 65.4 Å². The van der Waals surface area contributed by atoms with Crippen molar-refractivity contribution in [1.29, 1.82) is 0 Å². The van der Waals surface area contributed by atoms with Gasteiger partial charge in [0.1, 0.15) is 11.4 Å². The minimum absolute atomic E-state index is 0.217. The van der Waals surface area contributed by atoms with Gasteiger partial charge in [0.2, 0.25) is 0 Å². The molecule has 0 saturated carbocycles. The molecule has 1 fully saturated rings. The largest absolute Gasteiger partial charge is 0.384 e. The first-order valence-corrected chi connectivity index (χ1v) is 9.61. The zero-order valence-corrected chi connectivity index (χ0v) is 15.7. The molecule has 1 aromatic carbocycles. The number of benzene rings is 1. The fraction of sp³-hybridized carbons (Fsp3) is 0.409. The molecule has 0 spiro atoms. The van der Waals surface area contributed by atoms with E-state index in [1.54, 1.807) is 25.4 Å². The van der Waals surface area contributed by atoms with Gasteiger partial charge in [-0.05, 0) is 56.1 Å². The van der Waals surface area contributed by atoms with Crippen LogP contribution in [0.4, 0.5) is 4.39 Å². The van der Waals surface area contributed by atoms with Gasteiger partial charge >= 0.3 is 0 Å². The summed E-state index contributed by atoms with van der Waals surface area (Å²) in [7, 11) is 2.18. The highest BCUT2D eigenvalue weighted by atomic mass is 19.1. The second kappa shape index (κ2) is 5.88. The lowest BCUT2D eigenvalue weighted by Crippen LogP contribution is -2.36. The van der Waals surface area contributed by atoms with Crippen LogP contribution in [0, 0.1) is 5.82 Å². The van der Waals surface area contributed by atoms with E-state index in [1.807, 2.05) is 22.8 Å². The molecule has 4 heterocycles. The molecular weight excluding hydrogens is 341 g/mol. The highest BCUT2D eigenvalue weighted by molar-refractivity contribution is 5.87. The van der Waals surface area contributed by atoms with Crippen LogP contribution in [0.3, 0.4) is 0 Å². The summed E-state index contributed by atoms with van der Waals surface area (Å²) >= 11 is 0. The predicted octanol–water partition coefficient (Wildman–Crippen LogP) is 3.77. The number of halogens is 1. The lowest BCUT2D eigenvalue weighted by atomic mass is 9.95. The molecule has 3 unspecified atom stereocenters. The Hall–Kier alpha value is -2.24. The van der Waals surface area contributed by atoms with Gasteiger partial charge in [-0.15, -0.1) is 0 Å². The third-order valence-electron chi connectivity index (χ3n) is 6.55. The van der Waals surface area contributed by atoms with Gasteiger partial charge in [0.15, 0.2) is 0 Å². The van der Waals surface area contributed by atoms with Crippen molar-refractivity contribution in [2.45, 2.75) is 50.4 Å². The van der Waals surface area contributed by atoms with E-state index in [1.165, 1.54) is 23.7 Å². The number of rotatable bonds is 3. The van der Waals surface area contributed by atoms with E-state index in [-0.39, 0.29) is 5.82 Å². The molecule has 2 aliphatic rings. The third-order valence-corrected chi connectivity index (χ3v) is 6.55. The molecule has 140 valence electrons. The first kappa shape index (κ1) is 16.9. The summed E-state index contributed by atoms with van der Waals surface area (Å²) in [4.78, 5) is 6.49. The van der Waals surface area contributed by atoms with Crippen molar-refractivity contribution in [2.24, 2.45) is 0 Å². The molecular formula is C22H24FN3O. The highest BCUT2D eigenvalue weighted by Gasteiger charge is 2.42. The topological polar surface area (TPSA) is 41.3 Å². The number of hydrogen-bond acceptors (Lipinski definition) is 3. The lowest BCUT2D eigenvalue weighted by Gasteiger charge is -2.33. The summed E-state index contributed by atoms with van der Waals surface area (Å²) in [5, 5.41) is 12.2. The quantitative estimate of drug-likeness (QED) is 0.768. The second-order valence-electron chi connectivity index (χ2n) is 8.21. The van der Waals surface area contributed by atoms with Crippen molar-refractivity contribution in [1.82, 2.24) is 14.5 Å². The van der Waals surface area contributed by atoms with Crippen molar-refractivity contribution < 1.29 is 9.50 Å². The van der Waals surface area contributed by atoms with Crippen LogP contribution in [-0.4, -0.2) is 32.6 Å². The minimum Gasteiger partial charge on any atom is -0.384 e. The average molecular weight is 365 g/mol. The number of nitrogens with zero attached hydrogens (tertiary/aromatic N) is 3. The standard InChI is InChI=1S/C22H24FN3O/c1-22(27,14-8-10-24-11-9-14)13-26-19-12-15-6-7-18(25(15)2)20(19)16-4-3-5-17(23)21(16)26/h3-5,8-11,15,18,27H,6-7,12-13H2,1-2H3. The third kappa shape index (κ3) is 2.45. The normalized spacial score (nSPS) is 24.1. The molecule has 2 aromatic heterocycles. The summed E-state index contributed by atoms with van der Waals surface area (Å²) < 4.78 is 17.0. The van der Waals surface area contributed by atoms with Crippen molar-refractivity contribution in [3.63, 3.8) is 0 Å². The molecule has 1 N–H and O–H groups in total. The Morgan fingerprint density at radius 1 is 1.22 bits per heavy atom. The summed E-state index contributed by atoms with van der Waals surface area (Å²) in [6, 6.07) is 9.84. The van der Waals surface area contributed by atoms with E-state index >= 15 is 0 Å². The zero-order valence-electron chi connectivity index (χ0n) is 15.7. The van der Waals surface area contributed by atoms with Crippen LogP contribution < -0.4 is 0 Å². The molecule has 5 rings (SSSR count). The number of aliphatic hydroxyl groups is 1. The van der Waals surface area contributed by atoms with Gasteiger partial charge in [-0.25, -0.2) is 4.39 Å². The Bertz CT molecular complexity index is 1010. The van der Waals surface area contributed by atoms with E-state index in [0.29, 0.717) is 24.1 Å². The van der Waals surface area contributed by atoms with Gasteiger partial charge in [-0.2, -0.15) is 0 Å². The second-order valence-corrected chi connectivity index (χ2v) is 8.21. The van der Waals surface area contributed by atoms with Crippen LogP contribution in [0.1, 0.15) is 42.6 Å². The Labute approximate surface area is 158 Å². The molecule has 1 saturated heterocycles. The molecule has 3 aromatic rings. The zero-order chi connectivity index (χ0) is 18.8. The van der Waals surface area contributed by atoms with Crippen LogP contribution in [0.5, 0.6) is 0 Å². The van der Waals surface area contributed by atoms with Gasteiger partial charge in [0.25, 0.3) is 0 Å². The van der Waals surface area contributed by atoms with Crippen LogP contribution >= 0.6 is 0 Å². The van der Waals surface area contributed by atoms with Crippen molar-refractivity contribution in [3.8, 4) is 0 Å². The summed E-state index contributed by atoms with van der Waals surface area (Å²) in [5.74, 6) is -0.217. The highest BCUT2D eigenvalue weighted by Crippen LogP contribution is 2.47. The predicted molar refractivity (Wildman–Crippen MR) is 103 cm³/mol. The summed E-state index contributed by atoms with van der Waals surface area (Å²) in [6.07, 6.45) is 6.56. The SMILES string of the molecule is CN1C2CCC1c1c(n(CC(C)(O)c3ccncc3)c3c(F)cccc13)C2. The van der Waals surface area contributed by atoms with Crippen LogP contribution in [0.15, 0.2) is 42.7 Å². The minimum atomic E-state index is -1.10. The molecule has 5 heteroatoms. The molecule has 2 aliphatic heterocycles. The number of aromatic nitrogens is 2. The number of para-hydroxylation sites is 1. The van der Waals surface area contributed by atoms with E-state index in [9.17, 15) is 9.50 Å². The first-order valence-electron chi connectivity index (χ1n) is 9.61. The molecule has 3 atom stereocenters. The number of likely N-dealkylation sites (N-methyl/N-ethyl adjacent to an activating group) is 1. The molecule has 0 amide bonds. The van der Waals surface area contributed by atoms with Gasteiger partial charge in [0, 0.05) is 42.0 Å². The molecule has 2 bridgehead atoms. The van der Waals surface area contributed by atoms with Gasteiger partial charge < -0.3 is 9.67 Å². The van der Waals surface area contributed by atoms with E-state index in [2.05, 4.69) is 16.9 Å². The van der Waals surface area contributed by atoms with Gasteiger partial charge in [-0.1, -0.05) is 12.1 Å². The maximum Gasteiger partial charge on any atom is 0.147 e. The number of pyridine rings is 1. The fourth-order valence-corrected chi connectivity index (χ4v) is 5.15. The summed E-state index contributed by atoms with van der Waals surface area (Å²) in [6.45, 7) is 2.12. The maximum atomic E-state index is 14.9. The van der Waals surface area contributed by atoms with E-state index < -0.39 is 5.60 Å². The van der Waals surface area contributed by atoms with Gasteiger partial charge in [-0.3, -0.25) is 9.88 Å². The Morgan fingerprint density at radius 2 is 2.00 bits per heavy atom. The molecule has 27 heavy (non-hydrogen) atoms. The van der Waals surface area contributed by atoms with Crippen LogP contribution in [0.25, 0.3) is 10.9 Å². The average Bonchev–Trinajstić information content (AvgIpc) is 3.07. The molecule has 0 radical (unpaired) electrons. The van der Waals surface area contributed by atoms with Crippen LogP contribution in [0.2, 0.25) is 0 Å². The lowest BCUT2D eigenvalue weighted by molar-refractivity contribution is 0.0380. The Kier molecular flexibility index (Phi) is 3.68. The van der Waals surface area contributed by atoms with Crippen LogP contribution in [-0.2, 0) is 18.6 Å². The van der Waals surface area contributed by atoms with E-state index in [4.69, 9.17) is 0 Å². The maximum absolute atomic E-state index is 14.9. The summed E-state index contributed by atoms with van der Waals surface area (Å²) in [5.41, 5.74) is 2.76. The van der Waals surface area contributed by atoms with Gasteiger partial charge in [0.05, 0.1) is 12.1 Å². The number of hydrogen-bond donors (Lipinski definition) is 1. The van der Waals surface area contributed by atoms with Crippen molar-refractivity contribution in [2.75, 3.05) is 7.05 Å².